The van der Waals surface area contributed by atoms with Gasteiger partial charge in [-0.05, 0) is 42.0 Å². The largest absolute Gasteiger partial charge is 0.431 e. The minimum Gasteiger partial charge on any atom is -0.322 e. The Morgan fingerprint density at radius 1 is 1.11 bits per heavy atom. The van der Waals surface area contributed by atoms with Crippen LogP contribution in [-0.2, 0) is 14.6 Å². The number of amides is 1. The molecule has 0 aliphatic carbocycles. The first kappa shape index (κ1) is 25.8. The summed E-state index contributed by atoms with van der Waals surface area (Å²) in [7, 11) is -3.61. The summed E-state index contributed by atoms with van der Waals surface area (Å²) in [6.45, 7) is 0. The summed E-state index contributed by atoms with van der Waals surface area (Å²) in [4.78, 5) is 13.0. The predicted octanol–water partition coefficient (Wildman–Crippen LogP) is 4.90. The topological polar surface area (TPSA) is 103 Å². The molecule has 3 aromatic rings. The zero-order valence-electron chi connectivity index (χ0n) is 19.1. The standard InChI is InChI=1S/C25H18F4N4O3S/c1-37(35,36)22-8-3-2-7-18(22)16-9-10-20(19(26)12-16)31-24(34)21-13-23(25(27,28)29)32-33(21)17-6-4-5-15(11-17)14-30/h2-12,21H,13H2,1H3,(H,31,34). The quantitative estimate of drug-likeness (QED) is 0.473. The van der Waals surface area contributed by atoms with E-state index in [1.54, 1.807) is 6.07 Å². The van der Waals surface area contributed by atoms with E-state index in [2.05, 4.69) is 10.4 Å². The lowest BCUT2D eigenvalue weighted by Gasteiger charge is -2.23. The van der Waals surface area contributed by atoms with E-state index in [0.717, 1.165) is 17.3 Å². The maximum Gasteiger partial charge on any atom is 0.431 e. The van der Waals surface area contributed by atoms with Crippen molar-refractivity contribution in [2.45, 2.75) is 23.5 Å². The number of hydrogen-bond acceptors (Lipinski definition) is 6. The van der Waals surface area contributed by atoms with E-state index >= 15 is 0 Å². The normalized spacial score (nSPS) is 15.7. The number of halogens is 4. The molecule has 0 saturated carbocycles. The summed E-state index contributed by atoms with van der Waals surface area (Å²) in [5.41, 5.74) is -0.769. The molecule has 4 rings (SSSR count). The number of rotatable bonds is 5. The van der Waals surface area contributed by atoms with Crippen molar-refractivity contribution in [1.82, 2.24) is 0 Å². The van der Waals surface area contributed by atoms with E-state index in [9.17, 15) is 30.8 Å². The Hall–Kier alpha value is -4.24. The first-order valence-corrected chi connectivity index (χ1v) is 12.6. The Morgan fingerprint density at radius 3 is 2.49 bits per heavy atom. The number of anilines is 2. The summed E-state index contributed by atoms with van der Waals surface area (Å²) < 4.78 is 79.4. The van der Waals surface area contributed by atoms with Crippen LogP contribution in [-0.4, -0.2) is 38.5 Å². The van der Waals surface area contributed by atoms with Crippen LogP contribution >= 0.6 is 0 Å². The summed E-state index contributed by atoms with van der Waals surface area (Å²) in [5.74, 6) is -1.87. The first-order valence-electron chi connectivity index (χ1n) is 10.7. The molecule has 190 valence electrons. The number of nitrogens with zero attached hydrogens (tertiary/aromatic N) is 3. The molecule has 0 spiro atoms. The molecule has 1 aliphatic heterocycles. The van der Waals surface area contributed by atoms with Gasteiger partial charge in [-0.15, -0.1) is 0 Å². The second-order valence-electron chi connectivity index (χ2n) is 8.22. The summed E-state index contributed by atoms with van der Waals surface area (Å²) >= 11 is 0. The van der Waals surface area contributed by atoms with Crippen molar-refractivity contribution >= 4 is 32.8 Å². The molecule has 0 bridgehead atoms. The van der Waals surface area contributed by atoms with Gasteiger partial charge in [-0.25, -0.2) is 12.8 Å². The van der Waals surface area contributed by atoms with E-state index in [0.29, 0.717) is 0 Å². The molecular formula is C25H18F4N4O3S. The lowest BCUT2D eigenvalue weighted by molar-refractivity contribution is -0.117. The summed E-state index contributed by atoms with van der Waals surface area (Å²) in [5, 5.41) is 15.8. The van der Waals surface area contributed by atoms with E-state index < -0.39 is 45.9 Å². The smallest absolute Gasteiger partial charge is 0.322 e. The Labute approximate surface area is 209 Å². The van der Waals surface area contributed by atoms with Crippen LogP contribution in [0.1, 0.15) is 12.0 Å². The van der Waals surface area contributed by atoms with Gasteiger partial charge in [0.2, 0.25) is 5.91 Å². The number of nitrogens with one attached hydrogen (secondary N) is 1. The molecule has 1 unspecified atom stereocenters. The van der Waals surface area contributed by atoms with Crippen molar-refractivity contribution in [2.24, 2.45) is 5.10 Å². The molecule has 1 amide bonds. The fourth-order valence-corrected chi connectivity index (χ4v) is 4.78. The first-order chi connectivity index (χ1) is 17.4. The highest BCUT2D eigenvalue weighted by molar-refractivity contribution is 7.90. The number of hydrogen-bond donors (Lipinski definition) is 1. The third-order valence-corrected chi connectivity index (χ3v) is 6.76. The van der Waals surface area contributed by atoms with Crippen molar-refractivity contribution in [2.75, 3.05) is 16.6 Å². The van der Waals surface area contributed by atoms with Gasteiger partial charge in [-0.3, -0.25) is 9.80 Å². The van der Waals surface area contributed by atoms with Crippen LogP contribution in [0.25, 0.3) is 11.1 Å². The van der Waals surface area contributed by atoms with E-state index in [1.807, 2.05) is 6.07 Å². The van der Waals surface area contributed by atoms with Crippen molar-refractivity contribution in [3.63, 3.8) is 0 Å². The van der Waals surface area contributed by atoms with Gasteiger partial charge >= 0.3 is 6.18 Å². The van der Waals surface area contributed by atoms with Crippen LogP contribution in [0.4, 0.5) is 28.9 Å². The zero-order chi connectivity index (χ0) is 27.0. The van der Waals surface area contributed by atoms with Gasteiger partial charge in [0.25, 0.3) is 0 Å². The number of hydrazone groups is 1. The molecule has 0 saturated heterocycles. The Bertz CT molecular complexity index is 1560. The van der Waals surface area contributed by atoms with Gasteiger partial charge in [-0.2, -0.15) is 23.5 Å². The Kier molecular flexibility index (Phi) is 6.75. The number of carbonyl (C=O) groups is 1. The van der Waals surface area contributed by atoms with Crippen LogP contribution in [0.5, 0.6) is 0 Å². The zero-order valence-corrected chi connectivity index (χ0v) is 19.9. The van der Waals surface area contributed by atoms with Crippen molar-refractivity contribution < 1.29 is 30.8 Å². The van der Waals surface area contributed by atoms with Gasteiger partial charge in [0.15, 0.2) is 9.84 Å². The third-order valence-electron chi connectivity index (χ3n) is 5.60. The van der Waals surface area contributed by atoms with E-state index in [4.69, 9.17) is 5.26 Å². The van der Waals surface area contributed by atoms with Gasteiger partial charge in [-0.1, -0.05) is 30.3 Å². The lowest BCUT2D eigenvalue weighted by atomic mass is 10.0. The fraction of sp³-hybridized carbons (Fsp3) is 0.160. The van der Waals surface area contributed by atoms with Crippen molar-refractivity contribution in [1.29, 1.82) is 5.26 Å². The summed E-state index contributed by atoms with van der Waals surface area (Å²) in [6.07, 6.45) is -4.55. The van der Waals surface area contributed by atoms with Crippen molar-refractivity contribution in [3.05, 3.63) is 78.1 Å². The second kappa shape index (κ2) is 9.67. The molecule has 7 nitrogen and oxygen atoms in total. The number of nitriles is 1. The molecule has 0 aromatic heterocycles. The SMILES string of the molecule is CS(=O)(=O)c1ccccc1-c1ccc(NC(=O)C2CC(C(F)(F)F)=NN2c2cccc(C#N)c2)c(F)c1. The van der Waals surface area contributed by atoms with E-state index in [1.165, 1.54) is 54.6 Å². The molecule has 0 fully saturated rings. The number of alkyl halides is 3. The molecular weight excluding hydrogens is 512 g/mol. The average molecular weight is 531 g/mol. The molecule has 1 heterocycles. The van der Waals surface area contributed by atoms with Gasteiger partial charge < -0.3 is 5.32 Å². The molecule has 37 heavy (non-hydrogen) atoms. The lowest BCUT2D eigenvalue weighted by Crippen LogP contribution is -2.39. The molecule has 0 radical (unpaired) electrons. The third kappa shape index (κ3) is 5.46. The minimum absolute atomic E-state index is 0.00999. The molecule has 12 heteroatoms. The number of benzene rings is 3. The van der Waals surface area contributed by atoms with Crippen LogP contribution in [0.15, 0.2) is 76.7 Å². The van der Waals surface area contributed by atoms with Crippen LogP contribution in [0.2, 0.25) is 0 Å². The fourth-order valence-electron chi connectivity index (χ4n) is 3.87. The van der Waals surface area contributed by atoms with Gasteiger partial charge in [0.1, 0.15) is 17.6 Å². The van der Waals surface area contributed by atoms with E-state index in [-0.39, 0.29) is 33.0 Å². The molecule has 1 aliphatic rings. The monoisotopic (exact) mass is 530 g/mol. The molecule has 1 N–H and O–H groups in total. The van der Waals surface area contributed by atoms with Gasteiger partial charge in [0, 0.05) is 18.2 Å². The number of sulfone groups is 1. The Balaban J connectivity index is 1.63. The Morgan fingerprint density at radius 2 is 1.84 bits per heavy atom. The highest BCUT2D eigenvalue weighted by Gasteiger charge is 2.45. The minimum atomic E-state index is -4.79. The maximum atomic E-state index is 15.0. The van der Waals surface area contributed by atoms with Gasteiger partial charge in [0.05, 0.1) is 27.9 Å². The average Bonchev–Trinajstić information content (AvgIpc) is 3.31. The molecule has 3 aromatic carbocycles. The highest BCUT2D eigenvalue weighted by atomic mass is 32.2. The number of carbonyl (C=O) groups excluding carboxylic acids is 1. The predicted molar refractivity (Wildman–Crippen MR) is 129 cm³/mol. The van der Waals surface area contributed by atoms with Crippen LogP contribution in [0, 0.1) is 17.1 Å². The second-order valence-corrected chi connectivity index (χ2v) is 10.2. The van der Waals surface area contributed by atoms with Crippen molar-refractivity contribution in [3.8, 4) is 17.2 Å². The van der Waals surface area contributed by atoms with Crippen LogP contribution in [0.3, 0.4) is 0 Å². The molecule has 1 atom stereocenters. The van der Waals surface area contributed by atoms with Crippen LogP contribution < -0.4 is 10.3 Å². The maximum absolute atomic E-state index is 15.0. The highest BCUT2D eigenvalue weighted by Crippen LogP contribution is 2.33. The summed E-state index contributed by atoms with van der Waals surface area (Å²) in [6, 6.07) is 15.6.